The molecule has 0 aliphatic carbocycles. The number of likely N-dealkylation sites (tertiary alicyclic amines) is 1. The molecule has 2 amide bonds. The fourth-order valence-corrected chi connectivity index (χ4v) is 2.65. The average molecular weight is 318 g/mol. The lowest BCUT2D eigenvalue weighted by atomic mass is 10.1. The van der Waals surface area contributed by atoms with Crippen LogP contribution in [0.5, 0.6) is 5.75 Å². The zero-order chi connectivity index (χ0) is 16.8. The van der Waals surface area contributed by atoms with Crippen molar-refractivity contribution in [2.24, 2.45) is 11.8 Å². The van der Waals surface area contributed by atoms with Gasteiger partial charge in [-0.1, -0.05) is 26.0 Å². The monoisotopic (exact) mass is 318 g/mol. The van der Waals surface area contributed by atoms with Crippen molar-refractivity contribution < 1.29 is 14.3 Å². The number of nitrogens with one attached hydrogen (secondary N) is 1. The normalized spacial score (nSPS) is 17.7. The first kappa shape index (κ1) is 17.3. The Labute approximate surface area is 138 Å². The number of methoxy groups -OCH3 is 1. The molecule has 1 aromatic carbocycles. The minimum absolute atomic E-state index is 0.0405. The highest BCUT2D eigenvalue weighted by molar-refractivity contribution is 5.89. The average Bonchev–Trinajstić information content (AvgIpc) is 2.92. The van der Waals surface area contributed by atoms with Crippen molar-refractivity contribution in [1.29, 1.82) is 0 Å². The maximum absolute atomic E-state index is 12.3. The first-order valence-electron chi connectivity index (χ1n) is 8.18. The Kier molecular flexibility index (Phi) is 6.02. The molecular formula is C18H26N2O3. The first-order chi connectivity index (χ1) is 11.0. The van der Waals surface area contributed by atoms with Gasteiger partial charge in [0.1, 0.15) is 5.75 Å². The van der Waals surface area contributed by atoms with E-state index in [9.17, 15) is 9.59 Å². The summed E-state index contributed by atoms with van der Waals surface area (Å²) in [6, 6.07) is 7.59. The van der Waals surface area contributed by atoms with Crippen molar-refractivity contribution in [2.75, 3.05) is 20.2 Å². The van der Waals surface area contributed by atoms with Crippen molar-refractivity contribution in [3.05, 3.63) is 29.8 Å². The van der Waals surface area contributed by atoms with E-state index in [4.69, 9.17) is 4.74 Å². The lowest BCUT2D eigenvalue weighted by molar-refractivity contribution is -0.129. The molecule has 2 rings (SSSR count). The smallest absolute Gasteiger partial charge is 0.225 e. The van der Waals surface area contributed by atoms with Crippen LogP contribution in [0, 0.1) is 11.8 Å². The topological polar surface area (TPSA) is 58.6 Å². The minimum Gasteiger partial charge on any atom is -0.497 e. The maximum Gasteiger partial charge on any atom is 0.225 e. The maximum atomic E-state index is 12.3. The molecule has 0 unspecified atom stereocenters. The number of ether oxygens (including phenoxy) is 1. The molecule has 1 atom stereocenters. The predicted octanol–water partition coefficient (Wildman–Crippen LogP) is 2.21. The lowest BCUT2D eigenvalue weighted by Gasteiger charge is -2.17. The number of hydrogen-bond donors (Lipinski definition) is 1. The first-order valence-corrected chi connectivity index (χ1v) is 8.18. The third kappa shape index (κ3) is 4.98. The number of carbonyl (C=O) groups excluding carboxylic acids is 2. The van der Waals surface area contributed by atoms with E-state index < -0.39 is 0 Å². The van der Waals surface area contributed by atoms with Gasteiger partial charge in [-0.2, -0.15) is 0 Å². The standard InChI is InChI=1S/C18H26N2O3/c1-13(2)8-9-20-12-15(10-17(20)21)18(22)19-11-14-4-6-16(23-3)7-5-14/h4-7,13,15H,8-12H2,1-3H3,(H,19,22)/t15-/m0/s1. The molecule has 0 bridgehead atoms. The molecule has 0 spiro atoms. The summed E-state index contributed by atoms with van der Waals surface area (Å²) in [4.78, 5) is 26.1. The fraction of sp³-hybridized carbons (Fsp3) is 0.556. The van der Waals surface area contributed by atoms with Crippen LogP contribution >= 0.6 is 0 Å². The molecule has 1 aromatic rings. The molecule has 1 aliphatic heterocycles. The molecule has 126 valence electrons. The highest BCUT2D eigenvalue weighted by Crippen LogP contribution is 2.19. The highest BCUT2D eigenvalue weighted by Gasteiger charge is 2.33. The van der Waals surface area contributed by atoms with Gasteiger partial charge in [-0.05, 0) is 30.0 Å². The number of amides is 2. The Bertz CT molecular complexity index is 540. The molecular weight excluding hydrogens is 292 g/mol. The van der Waals surface area contributed by atoms with Gasteiger partial charge >= 0.3 is 0 Å². The second kappa shape index (κ2) is 7.99. The van der Waals surface area contributed by atoms with Crippen molar-refractivity contribution >= 4 is 11.8 Å². The van der Waals surface area contributed by atoms with Crippen LogP contribution in [0.3, 0.4) is 0 Å². The number of benzene rings is 1. The highest BCUT2D eigenvalue weighted by atomic mass is 16.5. The van der Waals surface area contributed by atoms with E-state index in [1.165, 1.54) is 0 Å². The Morgan fingerprint density at radius 3 is 2.65 bits per heavy atom. The summed E-state index contributed by atoms with van der Waals surface area (Å²) >= 11 is 0. The van der Waals surface area contributed by atoms with E-state index in [1.807, 2.05) is 29.2 Å². The van der Waals surface area contributed by atoms with Gasteiger partial charge in [0.05, 0.1) is 13.0 Å². The number of carbonyl (C=O) groups is 2. The Hall–Kier alpha value is -2.04. The van der Waals surface area contributed by atoms with Crippen molar-refractivity contribution in [3.8, 4) is 5.75 Å². The van der Waals surface area contributed by atoms with Crippen molar-refractivity contribution in [3.63, 3.8) is 0 Å². The summed E-state index contributed by atoms with van der Waals surface area (Å²) in [5, 5.41) is 2.93. The number of nitrogens with zero attached hydrogens (tertiary/aromatic N) is 1. The second-order valence-electron chi connectivity index (χ2n) is 6.49. The molecule has 1 heterocycles. The number of rotatable bonds is 7. The molecule has 1 fully saturated rings. The predicted molar refractivity (Wildman–Crippen MR) is 89.0 cm³/mol. The van der Waals surface area contributed by atoms with E-state index >= 15 is 0 Å². The summed E-state index contributed by atoms with van der Waals surface area (Å²) in [6.45, 7) is 6.04. The molecule has 0 saturated carbocycles. The zero-order valence-electron chi connectivity index (χ0n) is 14.2. The van der Waals surface area contributed by atoms with Gasteiger partial charge in [-0.25, -0.2) is 0 Å². The second-order valence-corrected chi connectivity index (χ2v) is 6.49. The molecule has 0 radical (unpaired) electrons. The van der Waals surface area contributed by atoms with Gasteiger partial charge < -0.3 is 15.0 Å². The molecule has 1 saturated heterocycles. The Morgan fingerprint density at radius 1 is 1.35 bits per heavy atom. The van der Waals surface area contributed by atoms with Crippen LogP contribution in [-0.2, 0) is 16.1 Å². The van der Waals surface area contributed by atoms with Gasteiger partial charge in [0.2, 0.25) is 11.8 Å². The molecule has 5 nitrogen and oxygen atoms in total. The van der Waals surface area contributed by atoms with Gasteiger partial charge in [-0.15, -0.1) is 0 Å². The van der Waals surface area contributed by atoms with Crippen LogP contribution in [0.25, 0.3) is 0 Å². The zero-order valence-corrected chi connectivity index (χ0v) is 14.2. The van der Waals surface area contributed by atoms with E-state index in [-0.39, 0.29) is 17.7 Å². The van der Waals surface area contributed by atoms with Crippen LogP contribution in [0.15, 0.2) is 24.3 Å². The van der Waals surface area contributed by atoms with E-state index in [0.717, 1.165) is 24.3 Å². The van der Waals surface area contributed by atoms with Crippen LogP contribution < -0.4 is 10.1 Å². The van der Waals surface area contributed by atoms with Crippen molar-refractivity contribution in [2.45, 2.75) is 33.2 Å². The fourth-order valence-electron chi connectivity index (χ4n) is 2.65. The van der Waals surface area contributed by atoms with Gasteiger partial charge in [0.25, 0.3) is 0 Å². The summed E-state index contributed by atoms with van der Waals surface area (Å²) in [7, 11) is 1.62. The molecule has 1 aliphatic rings. The molecule has 1 N–H and O–H groups in total. The van der Waals surface area contributed by atoms with Gasteiger partial charge in [0, 0.05) is 26.1 Å². The largest absolute Gasteiger partial charge is 0.497 e. The minimum atomic E-state index is -0.229. The van der Waals surface area contributed by atoms with E-state index in [1.54, 1.807) is 7.11 Å². The summed E-state index contributed by atoms with van der Waals surface area (Å²) in [6.07, 6.45) is 1.30. The Balaban J connectivity index is 1.80. The van der Waals surface area contributed by atoms with Crippen molar-refractivity contribution in [1.82, 2.24) is 10.2 Å². The van der Waals surface area contributed by atoms with E-state index in [2.05, 4.69) is 19.2 Å². The third-order valence-electron chi connectivity index (χ3n) is 4.19. The molecule has 5 heteroatoms. The Morgan fingerprint density at radius 2 is 2.04 bits per heavy atom. The van der Waals surface area contributed by atoms with Crippen LogP contribution in [0.4, 0.5) is 0 Å². The summed E-state index contributed by atoms with van der Waals surface area (Å²) in [5.41, 5.74) is 1.01. The quantitative estimate of drug-likeness (QED) is 0.838. The van der Waals surface area contributed by atoms with Gasteiger partial charge in [0.15, 0.2) is 0 Å². The summed E-state index contributed by atoms with van der Waals surface area (Å²) < 4.78 is 5.11. The number of hydrogen-bond acceptors (Lipinski definition) is 3. The third-order valence-corrected chi connectivity index (χ3v) is 4.19. The van der Waals surface area contributed by atoms with Crippen LogP contribution in [-0.4, -0.2) is 36.9 Å². The molecule has 0 aromatic heterocycles. The van der Waals surface area contributed by atoms with Crippen LogP contribution in [0.1, 0.15) is 32.3 Å². The summed E-state index contributed by atoms with van der Waals surface area (Å²) in [5.74, 6) is 1.18. The van der Waals surface area contributed by atoms with E-state index in [0.29, 0.717) is 25.4 Å². The van der Waals surface area contributed by atoms with Gasteiger partial charge in [-0.3, -0.25) is 9.59 Å². The SMILES string of the molecule is COc1ccc(CNC(=O)[C@H]2CC(=O)N(CCC(C)C)C2)cc1. The molecule has 23 heavy (non-hydrogen) atoms. The lowest BCUT2D eigenvalue weighted by Crippen LogP contribution is -2.33. The van der Waals surface area contributed by atoms with Crippen LogP contribution in [0.2, 0.25) is 0 Å².